The van der Waals surface area contributed by atoms with Crippen molar-refractivity contribution in [1.29, 1.82) is 0 Å². The molecule has 0 saturated carbocycles. The second kappa shape index (κ2) is 6.38. The number of ketones is 1. The Morgan fingerprint density at radius 2 is 2.22 bits per heavy atom. The van der Waals surface area contributed by atoms with Crippen molar-refractivity contribution in [2.24, 2.45) is 0 Å². The number of carbonyl (C=O) groups excluding carboxylic acids is 1. The summed E-state index contributed by atoms with van der Waals surface area (Å²) >= 11 is 3.46. The fourth-order valence-electron chi connectivity index (χ4n) is 3.42. The molecule has 0 aromatic heterocycles. The minimum atomic E-state index is -0.873. The summed E-state index contributed by atoms with van der Waals surface area (Å²) in [5, 5.41) is 10.9. The van der Waals surface area contributed by atoms with Crippen LogP contribution in [0, 0.1) is 0 Å². The third-order valence-electron chi connectivity index (χ3n) is 4.64. The van der Waals surface area contributed by atoms with E-state index in [1.165, 1.54) is 0 Å². The van der Waals surface area contributed by atoms with Crippen LogP contribution in [0.5, 0.6) is 0 Å². The van der Waals surface area contributed by atoms with Crippen molar-refractivity contribution in [2.75, 3.05) is 13.2 Å². The summed E-state index contributed by atoms with van der Waals surface area (Å²) in [6.45, 7) is 4.77. The van der Waals surface area contributed by atoms with Gasteiger partial charge in [0.25, 0.3) is 0 Å². The highest BCUT2D eigenvalue weighted by atomic mass is 79.9. The molecule has 2 bridgehead atoms. The second-order valence-electron chi connectivity index (χ2n) is 6.02. The van der Waals surface area contributed by atoms with E-state index in [0.717, 1.165) is 22.0 Å². The van der Waals surface area contributed by atoms with Gasteiger partial charge in [-0.05, 0) is 49.4 Å². The summed E-state index contributed by atoms with van der Waals surface area (Å²) < 4.78 is 12.4. The number of benzene rings is 1. The molecule has 0 spiro atoms. The zero-order valence-electron chi connectivity index (χ0n) is 13.4. The lowest BCUT2D eigenvalue weighted by Crippen LogP contribution is -2.43. The highest BCUT2D eigenvalue weighted by Gasteiger charge is 2.53. The van der Waals surface area contributed by atoms with E-state index < -0.39 is 11.7 Å². The van der Waals surface area contributed by atoms with Gasteiger partial charge in [-0.15, -0.1) is 0 Å². The van der Waals surface area contributed by atoms with Crippen LogP contribution in [-0.4, -0.2) is 35.8 Å². The van der Waals surface area contributed by atoms with Gasteiger partial charge in [0.15, 0.2) is 5.78 Å². The Bertz CT molecular complexity index is 667. The lowest BCUT2D eigenvalue weighted by atomic mass is 9.88. The number of hydrogen-bond acceptors (Lipinski definition) is 4. The van der Waals surface area contributed by atoms with Crippen LogP contribution in [0.3, 0.4) is 0 Å². The summed E-state index contributed by atoms with van der Waals surface area (Å²) in [6, 6.07) is 5.79. The maximum Gasteiger partial charge on any atom is 0.195 e. The molecule has 1 N–H and O–H groups in total. The van der Waals surface area contributed by atoms with Gasteiger partial charge < -0.3 is 14.6 Å². The van der Waals surface area contributed by atoms with E-state index in [1.807, 2.05) is 32.0 Å². The molecule has 0 radical (unpaired) electrons. The standard InChI is InChI=1S/C18H21BrO4/c1-3-11-9-12(19)5-6-13(11)15-16(20)14-7-8-18(23-14,17(15)21)10-22-4-2/h5-6,9,14,21H,3-4,7-8,10H2,1-2H3/t14-,18+/m1/s1. The van der Waals surface area contributed by atoms with Gasteiger partial charge in [0.1, 0.15) is 17.5 Å². The molecule has 1 aromatic rings. The highest BCUT2D eigenvalue weighted by molar-refractivity contribution is 9.10. The molecule has 5 heteroatoms. The molecule has 2 heterocycles. The monoisotopic (exact) mass is 380 g/mol. The van der Waals surface area contributed by atoms with Crippen molar-refractivity contribution in [3.63, 3.8) is 0 Å². The van der Waals surface area contributed by atoms with Crippen LogP contribution in [0.15, 0.2) is 28.4 Å². The number of ether oxygens (including phenoxy) is 2. The Morgan fingerprint density at radius 1 is 1.43 bits per heavy atom. The average Bonchev–Trinajstić information content (AvgIpc) is 2.95. The van der Waals surface area contributed by atoms with Crippen molar-refractivity contribution >= 4 is 27.3 Å². The number of carbonyl (C=O) groups is 1. The van der Waals surface area contributed by atoms with Gasteiger partial charge in [0.05, 0.1) is 12.2 Å². The second-order valence-corrected chi connectivity index (χ2v) is 6.94. The van der Waals surface area contributed by atoms with E-state index in [2.05, 4.69) is 15.9 Å². The molecule has 0 unspecified atom stereocenters. The summed E-state index contributed by atoms with van der Waals surface area (Å²) in [5.74, 6) is -0.0918. The lowest BCUT2D eigenvalue weighted by Gasteiger charge is -2.34. The topological polar surface area (TPSA) is 55.8 Å². The maximum atomic E-state index is 12.8. The molecule has 1 saturated heterocycles. The Hall–Kier alpha value is -1.17. The van der Waals surface area contributed by atoms with E-state index in [9.17, 15) is 9.90 Å². The zero-order chi connectivity index (χ0) is 16.6. The molecule has 0 amide bonds. The third-order valence-corrected chi connectivity index (χ3v) is 5.14. The average molecular weight is 381 g/mol. The van der Waals surface area contributed by atoms with Crippen LogP contribution in [0.4, 0.5) is 0 Å². The summed E-state index contributed by atoms with van der Waals surface area (Å²) in [4.78, 5) is 12.8. The van der Waals surface area contributed by atoms with Crippen molar-refractivity contribution < 1.29 is 19.4 Å². The number of rotatable bonds is 5. The minimum Gasteiger partial charge on any atom is -0.508 e. The van der Waals surface area contributed by atoms with Crippen molar-refractivity contribution in [1.82, 2.24) is 0 Å². The molecule has 23 heavy (non-hydrogen) atoms. The van der Waals surface area contributed by atoms with E-state index in [0.29, 0.717) is 25.0 Å². The molecular weight excluding hydrogens is 360 g/mol. The van der Waals surface area contributed by atoms with Gasteiger partial charge in [-0.2, -0.15) is 0 Å². The van der Waals surface area contributed by atoms with E-state index >= 15 is 0 Å². The van der Waals surface area contributed by atoms with E-state index in [4.69, 9.17) is 9.47 Å². The maximum absolute atomic E-state index is 12.8. The molecule has 0 aliphatic carbocycles. The van der Waals surface area contributed by atoms with Crippen molar-refractivity contribution in [2.45, 2.75) is 44.8 Å². The number of aliphatic hydroxyl groups is 1. The zero-order valence-corrected chi connectivity index (χ0v) is 15.0. The largest absolute Gasteiger partial charge is 0.508 e. The molecule has 1 fully saturated rings. The molecule has 1 aromatic carbocycles. The fourth-order valence-corrected chi connectivity index (χ4v) is 3.83. The smallest absolute Gasteiger partial charge is 0.195 e. The van der Waals surface area contributed by atoms with Gasteiger partial charge in [-0.3, -0.25) is 4.79 Å². The Kier molecular flexibility index (Phi) is 4.63. The molecular formula is C18H21BrO4. The summed E-state index contributed by atoms with van der Waals surface area (Å²) in [7, 11) is 0. The minimum absolute atomic E-state index is 0.0294. The van der Waals surface area contributed by atoms with Gasteiger partial charge in [0, 0.05) is 11.1 Å². The Morgan fingerprint density at radius 3 is 2.91 bits per heavy atom. The van der Waals surface area contributed by atoms with Gasteiger partial charge >= 0.3 is 0 Å². The molecule has 2 aliphatic rings. The quantitative estimate of drug-likeness (QED) is 0.843. The van der Waals surface area contributed by atoms with Gasteiger partial charge in [0.2, 0.25) is 0 Å². The summed E-state index contributed by atoms with van der Waals surface area (Å²) in [6.07, 6.45) is 1.53. The first-order valence-corrected chi connectivity index (χ1v) is 8.84. The van der Waals surface area contributed by atoms with Crippen molar-refractivity contribution in [3.8, 4) is 0 Å². The lowest BCUT2D eigenvalue weighted by molar-refractivity contribution is -0.138. The van der Waals surface area contributed by atoms with Crippen LogP contribution in [-0.2, 0) is 20.7 Å². The third kappa shape index (κ3) is 2.75. The number of aryl methyl sites for hydroxylation is 1. The predicted molar refractivity (Wildman–Crippen MR) is 91.4 cm³/mol. The van der Waals surface area contributed by atoms with Crippen LogP contribution in [0.25, 0.3) is 5.57 Å². The van der Waals surface area contributed by atoms with E-state index in [-0.39, 0.29) is 18.1 Å². The first kappa shape index (κ1) is 16.7. The number of halogens is 1. The fraction of sp³-hybridized carbons (Fsp3) is 0.500. The van der Waals surface area contributed by atoms with Crippen LogP contribution in [0.2, 0.25) is 0 Å². The molecule has 2 atom stereocenters. The number of fused-ring (bicyclic) bond motifs is 2. The van der Waals surface area contributed by atoms with Gasteiger partial charge in [-0.25, -0.2) is 0 Å². The number of hydrogen-bond donors (Lipinski definition) is 1. The normalized spacial score (nSPS) is 26.9. The highest BCUT2D eigenvalue weighted by Crippen LogP contribution is 2.46. The molecule has 4 nitrogen and oxygen atoms in total. The predicted octanol–water partition coefficient (Wildman–Crippen LogP) is 3.82. The summed E-state index contributed by atoms with van der Waals surface area (Å²) in [5.41, 5.74) is 1.36. The van der Waals surface area contributed by atoms with Crippen LogP contribution in [0.1, 0.15) is 37.8 Å². The molecule has 124 valence electrons. The van der Waals surface area contributed by atoms with Crippen molar-refractivity contribution in [3.05, 3.63) is 39.6 Å². The number of aliphatic hydroxyl groups excluding tert-OH is 1. The first-order chi connectivity index (χ1) is 11.0. The first-order valence-electron chi connectivity index (χ1n) is 8.04. The SMILES string of the molecule is CCOC[C@]12CC[C@@H](O1)C(=O)C(c1ccc(Br)cc1CC)=C2O. The van der Waals surface area contributed by atoms with E-state index in [1.54, 1.807) is 0 Å². The Balaban J connectivity index is 2.13. The van der Waals surface area contributed by atoms with Gasteiger partial charge in [-0.1, -0.05) is 28.9 Å². The van der Waals surface area contributed by atoms with Crippen LogP contribution < -0.4 is 0 Å². The Labute approximate surface area is 144 Å². The number of Topliss-reactive ketones (excluding diaryl/α,β-unsaturated/α-hetero) is 1. The molecule has 2 aliphatic heterocycles. The molecule has 3 rings (SSSR count). The van der Waals surface area contributed by atoms with Crippen LogP contribution >= 0.6 is 15.9 Å².